The van der Waals surface area contributed by atoms with Crippen LogP contribution in [0.5, 0.6) is 0 Å². The summed E-state index contributed by atoms with van der Waals surface area (Å²) in [7, 11) is 0. The molecule has 1 aromatic rings. The molecule has 0 spiro atoms. The monoisotopic (exact) mass is 239 g/mol. The fourth-order valence-corrected chi connectivity index (χ4v) is 3.12. The molecule has 0 aliphatic rings. The Morgan fingerprint density at radius 1 is 1.25 bits per heavy atom. The van der Waals surface area contributed by atoms with Crippen LogP contribution in [0.4, 0.5) is 0 Å². The van der Waals surface area contributed by atoms with Gasteiger partial charge in [0.05, 0.1) is 0 Å². The average Bonchev–Trinajstić information content (AvgIpc) is 2.53. The zero-order chi connectivity index (χ0) is 12.3. The SMILES string of the molecule is CCNC(c1cc(C)sc1C)C(C)C(C)C. The normalized spacial score (nSPS) is 15.4. The molecular weight excluding hydrogens is 214 g/mol. The van der Waals surface area contributed by atoms with Crippen molar-refractivity contribution in [3.05, 3.63) is 21.4 Å². The largest absolute Gasteiger partial charge is 0.310 e. The topological polar surface area (TPSA) is 12.0 Å². The van der Waals surface area contributed by atoms with Gasteiger partial charge in [-0.25, -0.2) is 0 Å². The van der Waals surface area contributed by atoms with Crippen LogP contribution < -0.4 is 5.32 Å². The second-order valence-electron chi connectivity index (χ2n) is 5.01. The standard InChI is InChI=1S/C14H25NS/c1-7-15-14(11(5)9(2)3)13-8-10(4)16-12(13)6/h8-9,11,14-15H,7H2,1-6H3. The summed E-state index contributed by atoms with van der Waals surface area (Å²) < 4.78 is 0. The van der Waals surface area contributed by atoms with Crippen LogP contribution in [0.1, 0.15) is 49.1 Å². The molecule has 0 bridgehead atoms. The van der Waals surface area contributed by atoms with Crippen molar-refractivity contribution in [2.75, 3.05) is 6.54 Å². The van der Waals surface area contributed by atoms with E-state index in [0.717, 1.165) is 6.54 Å². The average molecular weight is 239 g/mol. The lowest BCUT2D eigenvalue weighted by atomic mass is 9.86. The minimum Gasteiger partial charge on any atom is -0.310 e. The van der Waals surface area contributed by atoms with Gasteiger partial charge >= 0.3 is 0 Å². The molecule has 1 rings (SSSR count). The Balaban J connectivity index is 2.97. The van der Waals surface area contributed by atoms with Crippen LogP contribution in [0.2, 0.25) is 0 Å². The van der Waals surface area contributed by atoms with E-state index in [-0.39, 0.29) is 0 Å². The second-order valence-corrected chi connectivity index (χ2v) is 6.47. The molecule has 0 saturated heterocycles. The molecule has 0 fully saturated rings. The molecule has 0 aliphatic carbocycles. The van der Waals surface area contributed by atoms with Gasteiger partial charge in [0.2, 0.25) is 0 Å². The first-order valence-corrected chi connectivity index (χ1v) is 7.09. The van der Waals surface area contributed by atoms with E-state index in [1.54, 1.807) is 0 Å². The Morgan fingerprint density at radius 3 is 2.25 bits per heavy atom. The Bertz CT molecular complexity index is 327. The van der Waals surface area contributed by atoms with Crippen molar-refractivity contribution in [2.45, 2.75) is 47.6 Å². The van der Waals surface area contributed by atoms with Gasteiger partial charge in [0.15, 0.2) is 0 Å². The van der Waals surface area contributed by atoms with Crippen molar-refractivity contribution in [2.24, 2.45) is 11.8 Å². The number of nitrogens with one attached hydrogen (secondary N) is 1. The van der Waals surface area contributed by atoms with E-state index < -0.39 is 0 Å². The summed E-state index contributed by atoms with van der Waals surface area (Å²) in [4.78, 5) is 2.89. The first kappa shape index (κ1) is 13.7. The molecule has 0 amide bonds. The number of thiophene rings is 1. The molecular formula is C14H25NS. The van der Waals surface area contributed by atoms with Gasteiger partial charge in [-0.15, -0.1) is 11.3 Å². The fourth-order valence-electron chi connectivity index (χ4n) is 2.14. The van der Waals surface area contributed by atoms with E-state index in [4.69, 9.17) is 0 Å². The van der Waals surface area contributed by atoms with Crippen molar-refractivity contribution in [1.82, 2.24) is 5.32 Å². The van der Waals surface area contributed by atoms with E-state index >= 15 is 0 Å². The van der Waals surface area contributed by atoms with Gasteiger partial charge in [0.25, 0.3) is 0 Å². The van der Waals surface area contributed by atoms with Gasteiger partial charge in [-0.05, 0) is 43.9 Å². The third-order valence-corrected chi connectivity index (χ3v) is 4.40. The lowest BCUT2D eigenvalue weighted by Gasteiger charge is -2.28. The minimum atomic E-state index is 0.509. The molecule has 16 heavy (non-hydrogen) atoms. The molecule has 2 heteroatoms. The molecule has 0 aromatic carbocycles. The summed E-state index contributed by atoms with van der Waals surface area (Å²) in [5.74, 6) is 1.39. The first-order valence-electron chi connectivity index (χ1n) is 6.27. The van der Waals surface area contributed by atoms with Crippen molar-refractivity contribution in [3.8, 4) is 0 Å². The van der Waals surface area contributed by atoms with Crippen molar-refractivity contribution >= 4 is 11.3 Å². The Hall–Kier alpha value is -0.340. The maximum atomic E-state index is 3.64. The van der Waals surface area contributed by atoms with Gasteiger partial charge in [0, 0.05) is 15.8 Å². The van der Waals surface area contributed by atoms with E-state index in [0.29, 0.717) is 17.9 Å². The van der Waals surface area contributed by atoms with E-state index in [1.807, 2.05) is 11.3 Å². The molecule has 2 atom stereocenters. The second kappa shape index (κ2) is 5.83. The lowest BCUT2D eigenvalue weighted by Crippen LogP contribution is -2.29. The molecule has 2 unspecified atom stereocenters. The predicted molar refractivity (Wildman–Crippen MR) is 74.2 cm³/mol. The molecule has 1 nitrogen and oxygen atoms in total. The van der Waals surface area contributed by atoms with Crippen molar-refractivity contribution in [3.63, 3.8) is 0 Å². The summed E-state index contributed by atoms with van der Waals surface area (Å²) >= 11 is 1.91. The number of aryl methyl sites for hydroxylation is 2. The molecule has 92 valence electrons. The quantitative estimate of drug-likeness (QED) is 0.807. The van der Waals surface area contributed by atoms with E-state index in [1.165, 1.54) is 15.3 Å². The zero-order valence-electron chi connectivity index (χ0n) is 11.4. The summed E-state index contributed by atoms with van der Waals surface area (Å²) in [6.07, 6.45) is 0. The first-order chi connectivity index (χ1) is 7.47. The maximum absolute atomic E-state index is 3.64. The van der Waals surface area contributed by atoms with Gasteiger partial charge in [-0.2, -0.15) is 0 Å². The molecule has 0 saturated carbocycles. The smallest absolute Gasteiger partial charge is 0.0359 e. The molecule has 1 aromatic heterocycles. The van der Waals surface area contributed by atoms with Crippen molar-refractivity contribution in [1.29, 1.82) is 0 Å². The molecule has 1 heterocycles. The number of hydrogen-bond acceptors (Lipinski definition) is 2. The van der Waals surface area contributed by atoms with Crippen LogP contribution in [-0.2, 0) is 0 Å². The van der Waals surface area contributed by atoms with Crippen LogP contribution >= 0.6 is 11.3 Å². The number of rotatable bonds is 5. The predicted octanol–water partition coefficient (Wildman–Crippen LogP) is 4.31. The van der Waals surface area contributed by atoms with Crippen LogP contribution in [0, 0.1) is 25.7 Å². The Morgan fingerprint density at radius 2 is 1.88 bits per heavy atom. The van der Waals surface area contributed by atoms with Gasteiger partial charge < -0.3 is 5.32 Å². The number of hydrogen-bond donors (Lipinski definition) is 1. The maximum Gasteiger partial charge on any atom is 0.0359 e. The van der Waals surface area contributed by atoms with Crippen LogP contribution in [0.3, 0.4) is 0 Å². The summed E-state index contributed by atoms with van der Waals surface area (Å²) in [5, 5.41) is 3.64. The van der Waals surface area contributed by atoms with Gasteiger partial charge in [-0.3, -0.25) is 0 Å². The Kier molecular flexibility index (Phi) is 5.00. The van der Waals surface area contributed by atoms with Crippen LogP contribution in [0.25, 0.3) is 0 Å². The molecule has 1 N–H and O–H groups in total. The highest BCUT2D eigenvalue weighted by Crippen LogP contribution is 2.33. The van der Waals surface area contributed by atoms with Crippen molar-refractivity contribution < 1.29 is 0 Å². The minimum absolute atomic E-state index is 0.509. The fraction of sp³-hybridized carbons (Fsp3) is 0.714. The highest BCUT2D eigenvalue weighted by molar-refractivity contribution is 7.12. The summed E-state index contributed by atoms with van der Waals surface area (Å²) in [6.45, 7) is 14.6. The third-order valence-electron chi connectivity index (χ3n) is 3.42. The van der Waals surface area contributed by atoms with Gasteiger partial charge in [-0.1, -0.05) is 27.7 Å². The summed E-state index contributed by atoms with van der Waals surface area (Å²) in [5.41, 5.74) is 1.51. The summed E-state index contributed by atoms with van der Waals surface area (Å²) in [6, 6.07) is 2.86. The highest BCUT2D eigenvalue weighted by atomic mass is 32.1. The molecule has 0 aliphatic heterocycles. The lowest BCUT2D eigenvalue weighted by molar-refractivity contribution is 0.307. The van der Waals surface area contributed by atoms with Crippen LogP contribution in [-0.4, -0.2) is 6.54 Å². The Labute approximate surface area is 104 Å². The van der Waals surface area contributed by atoms with E-state index in [2.05, 4.69) is 52.9 Å². The van der Waals surface area contributed by atoms with E-state index in [9.17, 15) is 0 Å². The molecule has 0 radical (unpaired) electrons. The zero-order valence-corrected chi connectivity index (χ0v) is 12.2. The van der Waals surface area contributed by atoms with Gasteiger partial charge in [0.1, 0.15) is 0 Å². The third kappa shape index (κ3) is 3.08. The van der Waals surface area contributed by atoms with Crippen LogP contribution in [0.15, 0.2) is 6.07 Å². The highest BCUT2D eigenvalue weighted by Gasteiger charge is 2.23.